The van der Waals surface area contributed by atoms with Gasteiger partial charge in [0.2, 0.25) is 6.29 Å². The van der Waals surface area contributed by atoms with E-state index in [1.165, 1.54) is 0 Å². The van der Waals surface area contributed by atoms with E-state index >= 15 is 0 Å². The number of hydrogen-bond acceptors (Lipinski definition) is 11. The maximum Gasteiger partial charge on any atom is 0.472 e. The van der Waals surface area contributed by atoms with Gasteiger partial charge in [-0.05, 0) is 0 Å². The molecule has 160 valence electrons. The number of phosphoric acid groups is 1. The number of ether oxygens (including phenoxy) is 5. The van der Waals surface area contributed by atoms with E-state index < -0.39 is 69.0 Å². The first-order valence-corrected chi connectivity index (χ1v) is 9.37. The molecule has 13 nitrogen and oxygen atoms in total. The van der Waals surface area contributed by atoms with Gasteiger partial charge in [0, 0.05) is 27.7 Å². The van der Waals surface area contributed by atoms with Gasteiger partial charge in [0.15, 0.2) is 18.3 Å². The van der Waals surface area contributed by atoms with Crippen LogP contribution in [0.25, 0.3) is 0 Å². The molecule has 1 saturated heterocycles. The van der Waals surface area contributed by atoms with Crippen LogP contribution in [0, 0.1) is 0 Å². The number of carbonyl (C=O) groups is 4. The Morgan fingerprint density at radius 2 is 1.29 bits per heavy atom. The van der Waals surface area contributed by atoms with Crippen molar-refractivity contribution < 1.29 is 61.7 Å². The van der Waals surface area contributed by atoms with E-state index in [4.69, 9.17) is 33.5 Å². The summed E-state index contributed by atoms with van der Waals surface area (Å²) in [6, 6.07) is 0. The van der Waals surface area contributed by atoms with Crippen molar-refractivity contribution in [3.05, 3.63) is 0 Å². The van der Waals surface area contributed by atoms with Crippen molar-refractivity contribution in [3.8, 4) is 0 Å². The zero-order valence-electron chi connectivity index (χ0n) is 15.4. The Morgan fingerprint density at radius 3 is 1.71 bits per heavy atom. The van der Waals surface area contributed by atoms with Gasteiger partial charge < -0.3 is 33.5 Å². The van der Waals surface area contributed by atoms with E-state index in [9.17, 15) is 23.7 Å². The largest absolute Gasteiger partial charge is 0.472 e. The van der Waals surface area contributed by atoms with Crippen LogP contribution in [-0.4, -0.2) is 71.0 Å². The second-order valence-corrected chi connectivity index (χ2v) is 6.86. The van der Waals surface area contributed by atoms with Crippen LogP contribution in [0.4, 0.5) is 0 Å². The van der Waals surface area contributed by atoms with Crippen LogP contribution in [0.15, 0.2) is 0 Å². The van der Waals surface area contributed by atoms with E-state index in [0.717, 1.165) is 27.7 Å². The third-order valence-corrected chi connectivity index (χ3v) is 3.67. The molecule has 0 radical (unpaired) electrons. The molecule has 2 N–H and O–H groups in total. The minimum Gasteiger partial charge on any atom is -0.463 e. The molecule has 0 spiro atoms. The summed E-state index contributed by atoms with van der Waals surface area (Å²) in [5, 5.41) is 0. The SMILES string of the molecule is CC(=O)OC[C@H]1O[C@@H](OP(=O)(O)O)[C@H](OC(C)=O)[C@@H](OC(C)=O)[C@H]1OC(C)=O. The summed E-state index contributed by atoms with van der Waals surface area (Å²) >= 11 is 0. The summed E-state index contributed by atoms with van der Waals surface area (Å²) in [6.45, 7) is 3.56. The molecule has 0 amide bonds. The van der Waals surface area contributed by atoms with Crippen LogP contribution >= 0.6 is 7.82 Å². The van der Waals surface area contributed by atoms with Crippen LogP contribution in [0.2, 0.25) is 0 Å². The van der Waals surface area contributed by atoms with Crippen molar-refractivity contribution >= 4 is 31.7 Å². The summed E-state index contributed by atoms with van der Waals surface area (Å²) in [7, 11) is -5.16. The van der Waals surface area contributed by atoms with Gasteiger partial charge in [0.25, 0.3) is 0 Å². The Kier molecular flexibility index (Phi) is 8.51. The molecule has 1 aliphatic heterocycles. The van der Waals surface area contributed by atoms with Gasteiger partial charge in [-0.2, -0.15) is 0 Å². The van der Waals surface area contributed by atoms with Crippen molar-refractivity contribution in [3.63, 3.8) is 0 Å². The Labute approximate surface area is 159 Å². The first-order chi connectivity index (χ1) is 12.8. The highest BCUT2D eigenvalue weighted by molar-refractivity contribution is 7.46. The molecule has 1 fully saturated rings. The Hall–Kier alpha value is -2.05. The van der Waals surface area contributed by atoms with Crippen molar-refractivity contribution in [2.45, 2.75) is 58.4 Å². The second kappa shape index (κ2) is 9.94. The lowest BCUT2D eigenvalue weighted by Crippen LogP contribution is -2.62. The van der Waals surface area contributed by atoms with Gasteiger partial charge in [-0.15, -0.1) is 0 Å². The molecule has 28 heavy (non-hydrogen) atoms. The maximum absolute atomic E-state index is 11.5. The fourth-order valence-corrected chi connectivity index (χ4v) is 2.85. The molecule has 5 atom stereocenters. The first-order valence-electron chi connectivity index (χ1n) is 7.84. The minimum atomic E-state index is -5.16. The van der Waals surface area contributed by atoms with Crippen LogP contribution in [0.3, 0.4) is 0 Å². The lowest BCUT2D eigenvalue weighted by Gasteiger charge is -2.43. The fourth-order valence-electron chi connectivity index (χ4n) is 2.41. The number of esters is 4. The average Bonchev–Trinajstić information content (AvgIpc) is 2.48. The predicted molar refractivity (Wildman–Crippen MR) is 85.1 cm³/mol. The molecule has 1 rings (SSSR count). The molecule has 0 aromatic rings. The van der Waals surface area contributed by atoms with Gasteiger partial charge in [0.05, 0.1) is 0 Å². The summed E-state index contributed by atoms with van der Waals surface area (Å²) in [6.07, 6.45) is -8.01. The topological polar surface area (TPSA) is 181 Å². The van der Waals surface area contributed by atoms with Crippen molar-refractivity contribution in [2.75, 3.05) is 6.61 Å². The Morgan fingerprint density at radius 1 is 0.821 bits per heavy atom. The third-order valence-electron chi connectivity index (χ3n) is 3.19. The smallest absolute Gasteiger partial charge is 0.463 e. The molecule has 0 aromatic carbocycles. The molecule has 0 unspecified atom stereocenters. The molecule has 1 heterocycles. The van der Waals surface area contributed by atoms with E-state index in [0.29, 0.717) is 0 Å². The minimum absolute atomic E-state index is 0.543. The first kappa shape index (κ1) is 24.0. The predicted octanol–water partition coefficient (Wildman–Crippen LogP) is -0.821. The normalized spacial score (nSPS) is 27.4. The molecule has 1 aliphatic rings. The van der Waals surface area contributed by atoms with E-state index in [2.05, 4.69) is 4.52 Å². The highest BCUT2D eigenvalue weighted by Gasteiger charge is 2.54. The molecular formula is C14H21O13P. The van der Waals surface area contributed by atoms with Gasteiger partial charge in [-0.25, -0.2) is 4.57 Å². The number of hydrogen-bond donors (Lipinski definition) is 2. The number of phosphoric ester groups is 1. The van der Waals surface area contributed by atoms with Crippen LogP contribution in [0.5, 0.6) is 0 Å². The molecule has 0 aliphatic carbocycles. The van der Waals surface area contributed by atoms with E-state index in [1.54, 1.807) is 0 Å². The molecule has 0 bridgehead atoms. The van der Waals surface area contributed by atoms with E-state index in [1.807, 2.05) is 0 Å². The fraction of sp³-hybridized carbons (Fsp3) is 0.714. The van der Waals surface area contributed by atoms with Crippen LogP contribution < -0.4 is 0 Å². The van der Waals surface area contributed by atoms with Crippen molar-refractivity contribution in [1.29, 1.82) is 0 Å². The maximum atomic E-state index is 11.5. The molecule has 0 saturated carbocycles. The molecule has 0 aromatic heterocycles. The summed E-state index contributed by atoms with van der Waals surface area (Å²) in [5.74, 6) is -3.38. The van der Waals surface area contributed by atoms with Crippen LogP contribution in [-0.2, 0) is 52.0 Å². The third kappa shape index (κ3) is 7.90. The quantitative estimate of drug-likeness (QED) is 0.292. The van der Waals surface area contributed by atoms with Crippen molar-refractivity contribution in [2.24, 2.45) is 0 Å². The Balaban J connectivity index is 3.34. The van der Waals surface area contributed by atoms with Gasteiger partial charge in [-0.1, -0.05) is 0 Å². The Bertz CT molecular complexity index is 656. The lowest BCUT2D eigenvalue weighted by molar-refractivity contribution is -0.291. The van der Waals surface area contributed by atoms with Gasteiger partial charge in [-0.3, -0.25) is 23.7 Å². The molecular weight excluding hydrogens is 407 g/mol. The summed E-state index contributed by atoms with van der Waals surface area (Å²) < 4.78 is 40.9. The zero-order chi connectivity index (χ0) is 21.6. The lowest BCUT2D eigenvalue weighted by atomic mass is 9.98. The average molecular weight is 428 g/mol. The second-order valence-electron chi connectivity index (χ2n) is 5.66. The summed E-state index contributed by atoms with van der Waals surface area (Å²) in [4.78, 5) is 63.7. The highest BCUT2D eigenvalue weighted by Crippen LogP contribution is 2.42. The summed E-state index contributed by atoms with van der Waals surface area (Å²) in [5.41, 5.74) is 0. The van der Waals surface area contributed by atoms with E-state index in [-0.39, 0.29) is 0 Å². The standard InChI is InChI=1S/C14H21O13P/c1-6(15)22-5-10-11(23-7(2)16)12(24-8(3)17)13(25-9(4)18)14(26-10)27-28(19,20)21/h10-14H,5H2,1-4H3,(H2,19,20,21)/t10-,11+,12+,13-,14+/m1/s1. The van der Waals surface area contributed by atoms with Gasteiger partial charge >= 0.3 is 31.7 Å². The number of carbonyl (C=O) groups excluding carboxylic acids is 4. The number of rotatable bonds is 7. The van der Waals surface area contributed by atoms with Gasteiger partial charge in [0.1, 0.15) is 12.7 Å². The van der Waals surface area contributed by atoms with Crippen LogP contribution in [0.1, 0.15) is 27.7 Å². The monoisotopic (exact) mass is 428 g/mol. The zero-order valence-corrected chi connectivity index (χ0v) is 16.3. The molecule has 14 heteroatoms. The highest BCUT2D eigenvalue weighted by atomic mass is 31.2. The van der Waals surface area contributed by atoms with Crippen molar-refractivity contribution in [1.82, 2.24) is 0 Å².